The predicted octanol–water partition coefficient (Wildman–Crippen LogP) is 6.81. The van der Waals surface area contributed by atoms with Gasteiger partial charge < -0.3 is 19.6 Å². The van der Waals surface area contributed by atoms with Crippen LogP contribution in [0.25, 0.3) is 11.3 Å². The fourth-order valence-corrected chi connectivity index (χ4v) is 5.80. The third kappa shape index (κ3) is 7.23. The summed E-state index contributed by atoms with van der Waals surface area (Å²) in [6, 6.07) is 10.6. The number of allylic oxidation sites excluding steroid dienone is 1. The van der Waals surface area contributed by atoms with Gasteiger partial charge >= 0.3 is 0 Å². The smallest absolute Gasteiger partial charge is 0.256 e. The molecule has 4 heterocycles. The van der Waals surface area contributed by atoms with Gasteiger partial charge in [-0.1, -0.05) is 29.8 Å². The summed E-state index contributed by atoms with van der Waals surface area (Å²) in [6.45, 7) is 9.38. The number of likely N-dealkylation sites (tertiary alicyclic amines) is 1. The Morgan fingerprint density at radius 3 is 2.38 bits per heavy atom. The normalized spacial score (nSPS) is 17.2. The van der Waals surface area contributed by atoms with Crippen LogP contribution in [0.1, 0.15) is 24.8 Å². The molecule has 3 aromatic rings. The second-order valence-electron chi connectivity index (χ2n) is 10.7. The Morgan fingerprint density at radius 1 is 1.05 bits per heavy atom. The van der Waals surface area contributed by atoms with Gasteiger partial charge in [0.15, 0.2) is 5.82 Å². The molecule has 2 aromatic heterocycles. The van der Waals surface area contributed by atoms with Gasteiger partial charge in [-0.15, -0.1) is 0 Å². The second-order valence-corrected chi connectivity index (χ2v) is 11.6. The van der Waals surface area contributed by atoms with Crippen molar-refractivity contribution in [2.24, 2.45) is 5.92 Å². The van der Waals surface area contributed by atoms with Crippen LogP contribution in [0.4, 0.5) is 10.2 Å². The SMILES string of the molecule is C=C(O)CC1CCN(Cc2cc(-c3cc(Cl)cc(Cl)c3)nc(Oc3ccc(N4CCN(C)CC4)nc3)c2F)CC1. The molecule has 2 aliphatic rings. The van der Waals surface area contributed by atoms with Crippen LogP contribution in [0, 0.1) is 11.7 Å². The number of hydrogen-bond donors (Lipinski definition) is 1. The van der Waals surface area contributed by atoms with Crippen molar-refractivity contribution in [3.8, 4) is 22.9 Å². The van der Waals surface area contributed by atoms with E-state index in [0.717, 1.165) is 57.9 Å². The average molecular weight is 587 g/mol. The topological polar surface area (TPSA) is 65.0 Å². The zero-order chi connectivity index (χ0) is 28.2. The highest BCUT2D eigenvalue weighted by atomic mass is 35.5. The molecule has 0 saturated carbocycles. The van der Waals surface area contributed by atoms with E-state index in [0.29, 0.717) is 51.5 Å². The molecular formula is C30H34Cl2FN5O2. The monoisotopic (exact) mass is 585 g/mol. The summed E-state index contributed by atoms with van der Waals surface area (Å²) in [5.74, 6) is 1.25. The summed E-state index contributed by atoms with van der Waals surface area (Å²) in [4.78, 5) is 15.8. The van der Waals surface area contributed by atoms with E-state index in [9.17, 15) is 5.11 Å². The number of hydrogen-bond acceptors (Lipinski definition) is 7. The highest BCUT2D eigenvalue weighted by Crippen LogP contribution is 2.33. The Hall–Kier alpha value is -2.91. The highest BCUT2D eigenvalue weighted by Gasteiger charge is 2.23. The molecule has 0 amide bonds. The van der Waals surface area contributed by atoms with Gasteiger partial charge in [-0.2, -0.15) is 0 Å². The van der Waals surface area contributed by atoms with E-state index in [2.05, 4.69) is 38.3 Å². The van der Waals surface area contributed by atoms with Gasteiger partial charge in [0.05, 0.1) is 17.6 Å². The zero-order valence-corrected chi connectivity index (χ0v) is 24.1. The van der Waals surface area contributed by atoms with Crippen molar-refractivity contribution < 1.29 is 14.2 Å². The van der Waals surface area contributed by atoms with E-state index in [1.807, 2.05) is 6.07 Å². The number of rotatable bonds is 8. The molecular weight excluding hydrogens is 552 g/mol. The van der Waals surface area contributed by atoms with E-state index >= 15 is 4.39 Å². The van der Waals surface area contributed by atoms with Gasteiger partial charge in [-0.3, -0.25) is 4.90 Å². The third-order valence-electron chi connectivity index (χ3n) is 7.55. The zero-order valence-electron chi connectivity index (χ0n) is 22.6. The molecule has 10 heteroatoms. The Morgan fingerprint density at radius 2 is 1.75 bits per heavy atom. The molecule has 5 rings (SSSR count). The van der Waals surface area contributed by atoms with Gasteiger partial charge in [0, 0.05) is 60.3 Å². The van der Waals surface area contributed by atoms with Gasteiger partial charge in [0.1, 0.15) is 11.6 Å². The summed E-state index contributed by atoms with van der Waals surface area (Å²) in [6.07, 6.45) is 4.05. The van der Waals surface area contributed by atoms with Crippen LogP contribution in [0.5, 0.6) is 11.6 Å². The Balaban J connectivity index is 1.39. The number of ether oxygens (including phenoxy) is 1. The average Bonchev–Trinajstić information content (AvgIpc) is 2.92. The molecule has 1 aromatic carbocycles. The molecule has 7 nitrogen and oxygen atoms in total. The lowest BCUT2D eigenvalue weighted by atomic mass is 9.92. The summed E-state index contributed by atoms with van der Waals surface area (Å²) in [5.41, 5.74) is 1.67. The minimum atomic E-state index is -0.508. The van der Waals surface area contributed by atoms with Crippen LogP contribution in [0.3, 0.4) is 0 Å². The van der Waals surface area contributed by atoms with E-state index in [-0.39, 0.29) is 11.6 Å². The fourth-order valence-electron chi connectivity index (χ4n) is 5.28. The molecule has 2 saturated heterocycles. The van der Waals surface area contributed by atoms with Crippen LogP contribution in [0.15, 0.2) is 54.9 Å². The number of benzene rings is 1. The summed E-state index contributed by atoms with van der Waals surface area (Å²) in [5, 5.41) is 10.5. The maximum Gasteiger partial charge on any atom is 0.256 e. The Labute approximate surface area is 244 Å². The maximum absolute atomic E-state index is 15.9. The van der Waals surface area contributed by atoms with Crippen LogP contribution in [-0.4, -0.2) is 71.2 Å². The van der Waals surface area contributed by atoms with Crippen molar-refractivity contribution in [1.29, 1.82) is 0 Å². The first kappa shape index (κ1) is 28.6. The molecule has 0 bridgehead atoms. The Bertz CT molecular complexity index is 1320. The summed E-state index contributed by atoms with van der Waals surface area (Å²) >= 11 is 12.5. The molecule has 2 aliphatic heterocycles. The van der Waals surface area contributed by atoms with Crippen LogP contribution in [-0.2, 0) is 6.54 Å². The number of aliphatic hydroxyl groups is 1. The fraction of sp³-hybridized carbons (Fsp3) is 0.400. The standard InChI is InChI=1S/C30H34Cl2FN5O2/c1-20(39)13-21-5-7-37(8-6-21)19-23-16-27(22-14-24(31)17-25(32)15-22)35-30(29(23)33)40-26-3-4-28(34-18-26)38-11-9-36(2)10-12-38/h3-4,14-18,21,39H,1,5-13,19H2,2H3. The lowest BCUT2D eigenvalue weighted by molar-refractivity contribution is 0.167. The van der Waals surface area contributed by atoms with E-state index in [1.54, 1.807) is 36.5 Å². The van der Waals surface area contributed by atoms with Crippen molar-refractivity contribution >= 4 is 29.0 Å². The van der Waals surface area contributed by atoms with Gasteiger partial charge in [0.2, 0.25) is 0 Å². The van der Waals surface area contributed by atoms with E-state index in [1.165, 1.54) is 0 Å². The molecule has 0 aliphatic carbocycles. The third-order valence-corrected chi connectivity index (χ3v) is 7.99. The molecule has 0 atom stereocenters. The van der Waals surface area contributed by atoms with Gasteiger partial charge in [-0.25, -0.2) is 14.4 Å². The molecule has 2 fully saturated rings. The number of piperazine rings is 1. The van der Waals surface area contributed by atoms with Crippen molar-refractivity contribution in [2.75, 3.05) is 51.2 Å². The number of nitrogens with zero attached hydrogens (tertiary/aromatic N) is 5. The van der Waals surface area contributed by atoms with Crippen molar-refractivity contribution in [3.05, 3.63) is 76.4 Å². The predicted molar refractivity (Wildman–Crippen MR) is 158 cm³/mol. The van der Waals surface area contributed by atoms with Gasteiger partial charge in [0.25, 0.3) is 5.88 Å². The first-order valence-corrected chi connectivity index (χ1v) is 14.3. The van der Waals surface area contributed by atoms with Crippen molar-refractivity contribution in [1.82, 2.24) is 19.8 Å². The number of aromatic nitrogens is 2. The molecule has 0 radical (unpaired) electrons. The van der Waals surface area contributed by atoms with Gasteiger partial charge in [-0.05, 0) is 75.3 Å². The Kier molecular flexibility index (Phi) is 9.10. The highest BCUT2D eigenvalue weighted by molar-refractivity contribution is 6.35. The number of likely N-dealkylation sites (N-methyl/N-ethyl adjacent to an activating group) is 1. The minimum Gasteiger partial charge on any atom is -0.513 e. The summed E-state index contributed by atoms with van der Waals surface area (Å²) in [7, 11) is 2.11. The lowest BCUT2D eigenvalue weighted by Crippen LogP contribution is -2.44. The largest absolute Gasteiger partial charge is 0.513 e. The van der Waals surface area contributed by atoms with Crippen LogP contribution >= 0.6 is 23.2 Å². The van der Waals surface area contributed by atoms with Crippen molar-refractivity contribution in [2.45, 2.75) is 25.8 Å². The molecule has 40 heavy (non-hydrogen) atoms. The lowest BCUT2D eigenvalue weighted by Gasteiger charge is -2.33. The number of halogens is 3. The molecule has 0 unspecified atom stereocenters. The number of piperidine rings is 1. The number of pyridine rings is 2. The quantitative estimate of drug-likeness (QED) is 0.291. The van der Waals surface area contributed by atoms with Crippen LogP contribution in [0.2, 0.25) is 10.0 Å². The summed E-state index contributed by atoms with van der Waals surface area (Å²) < 4.78 is 21.9. The minimum absolute atomic E-state index is 0.121. The van der Waals surface area contributed by atoms with E-state index < -0.39 is 5.82 Å². The van der Waals surface area contributed by atoms with Crippen molar-refractivity contribution in [3.63, 3.8) is 0 Å². The molecule has 212 valence electrons. The number of aliphatic hydroxyl groups excluding tert-OH is 1. The first-order chi connectivity index (χ1) is 19.2. The second kappa shape index (κ2) is 12.7. The van der Waals surface area contributed by atoms with Crippen LogP contribution < -0.4 is 9.64 Å². The number of anilines is 1. The van der Waals surface area contributed by atoms with E-state index in [4.69, 9.17) is 27.9 Å². The first-order valence-electron chi connectivity index (χ1n) is 13.6. The maximum atomic E-state index is 15.9. The molecule has 1 N–H and O–H groups in total. The molecule has 0 spiro atoms.